The number of nitrogens with zero attached hydrogens (tertiary/aromatic N) is 8. The van der Waals surface area contributed by atoms with E-state index in [1.807, 2.05) is 19.1 Å². The van der Waals surface area contributed by atoms with E-state index in [1.165, 1.54) is 10.9 Å². The lowest BCUT2D eigenvalue weighted by Crippen LogP contribution is -2.70. The zero-order chi connectivity index (χ0) is 23.7. The summed E-state index contributed by atoms with van der Waals surface area (Å²) in [4.78, 5) is 25.8. The first-order valence-electron chi connectivity index (χ1n) is 11.5. The van der Waals surface area contributed by atoms with Crippen LogP contribution in [0.4, 0.5) is 10.3 Å². The molecule has 3 aromatic rings. The first kappa shape index (κ1) is 22.5. The normalized spacial score (nSPS) is 21.5. The highest BCUT2D eigenvalue weighted by Crippen LogP contribution is 2.35. The monoisotopic (exact) mass is 465 g/mol. The largest absolute Gasteiger partial charge is 0.339 e. The van der Waals surface area contributed by atoms with Crippen LogP contribution >= 0.6 is 0 Å². The van der Waals surface area contributed by atoms with Gasteiger partial charge in [0, 0.05) is 44.0 Å². The van der Waals surface area contributed by atoms with Gasteiger partial charge in [-0.2, -0.15) is 10.2 Å². The van der Waals surface area contributed by atoms with E-state index in [9.17, 15) is 9.18 Å². The van der Waals surface area contributed by atoms with Crippen LogP contribution in [0.25, 0.3) is 5.82 Å². The zero-order valence-corrected chi connectivity index (χ0v) is 19.3. The average molecular weight is 466 g/mol. The van der Waals surface area contributed by atoms with Gasteiger partial charge in [0.25, 0.3) is 0 Å². The number of aldehydes is 1. The topological polar surface area (TPSA) is 105 Å². The molecule has 2 saturated heterocycles. The number of carbonyl (C=O) groups is 1. The third kappa shape index (κ3) is 4.16. The van der Waals surface area contributed by atoms with Gasteiger partial charge < -0.3 is 15.0 Å². The van der Waals surface area contributed by atoms with Crippen LogP contribution in [0.5, 0.6) is 0 Å². The standard InChI is InChI=1S/C23H28FN9O/c1-16-11-27-30-22(29-16)31-8-5-23(6-9-31)20(15-34)32(10-7-26-23)17(2)18-3-4-21(25-12-18)33-14-19(24)13-28-33/h3-4,11-15,17,20,26H,5-10H2,1-2H3/t17?,20-/m1/s1. The number of halogens is 1. The Morgan fingerprint density at radius 3 is 2.68 bits per heavy atom. The van der Waals surface area contributed by atoms with E-state index >= 15 is 0 Å². The average Bonchev–Trinajstić information content (AvgIpc) is 3.30. The van der Waals surface area contributed by atoms with Crippen molar-refractivity contribution in [2.75, 3.05) is 31.1 Å². The minimum absolute atomic E-state index is 0.00702. The molecule has 2 fully saturated rings. The maximum atomic E-state index is 13.3. The molecule has 5 rings (SSSR count). The van der Waals surface area contributed by atoms with E-state index in [2.05, 4.69) is 47.3 Å². The highest BCUT2D eigenvalue weighted by atomic mass is 19.1. The van der Waals surface area contributed by atoms with Crippen molar-refractivity contribution in [3.63, 3.8) is 0 Å². The predicted octanol–water partition coefficient (Wildman–Crippen LogP) is 1.47. The smallest absolute Gasteiger partial charge is 0.245 e. The third-order valence-corrected chi connectivity index (χ3v) is 7.04. The van der Waals surface area contributed by atoms with Gasteiger partial charge in [0.1, 0.15) is 6.29 Å². The van der Waals surface area contributed by atoms with Crippen LogP contribution in [0.1, 0.15) is 37.1 Å². The van der Waals surface area contributed by atoms with Crippen molar-refractivity contribution in [3.8, 4) is 5.82 Å². The van der Waals surface area contributed by atoms with Crippen molar-refractivity contribution in [2.24, 2.45) is 0 Å². The summed E-state index contributed by atoms with van der Waals surface area (Å²) < 4.78 is 14.7. The minimum atomic E-state index is -0.407. The molecule has 11 heteroatoms. The lowest BCUT2D eigenvalue weighted by Gasteiger charge is -2.53. The Kier molecular flexibility index (Phi) is 6.05. The molecule has 2 atom stereocenters. The second kappa shape index (κ2) is 9.15. The van der Waals surface area contributed by atoms with E-state index < -0.39 is 5.82 Å². The molecule has 0 radical (unpaired) electrons. The Bertz CT molecular complexity index is 1140. The fraction of sp³-hybridized carbons (Fsp3) is 0.478. The fourth-order valence-electron chi connectivity index (χ4n) is 5.12. The van der Waals surface area contributed by atoms with Gasteiger partial charge in [0.15, 0.2) is 11.6 Å². The summed E-state index contributed by atoms with van der Waals surface area (Å²) in [5, 5.41) is 15.8. The molecule has 5 heterocycles. The number of rotatable bonds is 5. The summed E-state index contributed by atoms with van der Waals surface area (Å²) >= 11 is 0. The number of aryl methyl sites for hydroxylation is 1. The molecule has 0 bridgehead atoms. The number of pyridine rings is 1. The number of piperidine rings is 1. The van der Waals surface area contributed by atoms with E-state index in [1.54, 1.807) is 12.4 Å². The Morgan fingerprint density at radius 2 is 2.03 bits per heavy atom. The van der Waals surface area contributed by atoms with Gasteiger partial charge in [-0.1, -0.05) is 6.07 Å². The van der Waals surface area contributed by atoms with Gasteiger partial charge >= 0.3 is 0 Å². The second-order valence-electron chi connectivity index (χ2n) is 9.02. The van der Waals surface area contributed by atoms with Crippen LogP contribution in [-0.4, -0.2) is 78.9 Å². The quantitative estimate of drug-likeness (QED) is 0.561. The maximum absolute atomic E-state index is 13.3. The number of hydrogen-bond donors (Lipinski definition) is 1. The lowest BCUT2D eigenvalue weighted by atomic mass is 9.78. The summed E-state index contributed by atoms with van der Waals surface area (Å²) in [5.74, 6) is 0.779. The van der Waals surface area contributed by atoms with E-state index in [0.29, 0.717) is 11.8 Å². The summed E-state index contributed by atoms with van der Waals surface area (Å²) in [6.07, 6.45) is 8.56. The van der Waals surface area contributed by atoms with Crippen molar-refractivity contribution in [1.29, 1.82) is 0 Å². The molecule has 2 aliphatic heterocycles. The number of anilines is 1. The Labute approximate surface area is 197 Å². The maximum Gasteiger partial charge on any atom is 0.245 e. The van der Waals surface area contributed by atoms with Gasteiger partial charge in [-0.25, -0.2) is 19.0 Å². The van der Waals surface area contributed by atoms with Gasteiger partial charge in [0.2, 0.25) is 5.95 Å². The van der Waals surface area contributed by atoms with Crippen molar-refractivity contribution in [2.45, 2.75) is 44.3 Å². The van der Waals surface area contributed by atoms with Crippen LogP contribution in [0.3, 0.4) is 0 Å². The lowest BCUT2D eigenvalue weighted by molar-refractivity contribution is -0.119. The molecule has 1 spiro atoms. The summed E-state index contributed by atoms with van der Waals surface area (Å²) in [6, 6.07) is 3.51. The molecule has 1 N–H and O–H groups in total. The van der Waals surface area contributed by atoms with Crippen LogP contribution in [0, 0.1) is 12.7 Å². The van der Waals surface area contributed by atoms with Crippen LogP contribution < -0.4 is 10.2 Å². The number of piperazine rings is 1. The molecule has 1 unspecified atom stereocenters. The zero-order valence-electron chi connectivity index (χ0n) is 19.3. The van der Waals surface area contributed by atoms with Gasteiger partial charge in [-0.15, -0.1) is 5.10 Å². The van der Waals surface area contributed by atoms with Crippen molar-refractivity contribution >= 4 is 12.2 Å². The van der Waals surface area contributed by atoms with Crippen LogP contribution in [0.2, 0.25) is 0 Å². The number of hydrogen-bond acceptors (Lipinski definition) is 9. The molecular weight excluding hydrogens is 437 g/mol. The van der Waals surface area contributed by atoms with Gasteiger partial charge in [-0.05, 0) is 38.3 Å². The summed E-state index contributed by atoms with van der Waals surface area (Å²) in [6.45, 7) is 7.06. The van der Waals surface area contributed by atoms with Crippen molar-refractivity contribution < 1.29 is 9.18 Å². The molecule has 178 valence electrons. The SMILES string of the molecule is Cc1cnnc(N2CCC3(CC2)NCCN(C(C)c2ccc(-n4cc(F)cn4)nc2)[C@@H]3C=O)n1. The summed E-state index contributed by atoms with van der Waals surface area (Å²) in [7, 11) is 0. The van der Waals surface area contributed by atoms with E-state index in [4.69, 9.17) is 0 Å². The van der Waals surface area contributed by atoms with Crippen LogP contribution in [0.15, 0.2) is 36.9 Å². The molecule has 0 amide bonds. The van der Waals surface area contributed by atoms with Gasteiger partial charge in [0.05, 0.1) is 30.3 Å². The third-order valence-electron chi connectivity index (χ3n) is 7.04. The first-order valence-corrected chi connectivity index (χ1v) is 11.5. The molecule has 0 saturated carbocycles. The Balaban J connectivity index is 1.31. The van der Waals surface area contributed by atoms with Crippen molar-refractivity contribution in [1.82, 2.24) is 40.2 Å². The van der Waals surface area contributed by atoms with Crippen molar-refractivity contribution in [3.05, 3.63) is 54.0 Å². The predicted molar refractivity (Wildman–Crippen MR) is 123 cm³/mol. The molecule has 10 nitrogen and oxygen atoms in total. The highest BCUT2D eigenvalue weighted by Gasteiger charge is 2.47. The minimum Gasteiger partial charge on any atom is -0.339 e. The number of aromatic nitrogens is 6. The Hall–Kier alpha value is -3.31. The molecule has 3 aromatic heterocycles. The molecule has 2 aliphatic rings. The second-order valence-corrected chi connectivity index (χ2v) is 9.02. The Morgan fingerprint density at radius 1 is 1.21 bits per heavy atom. The number of nitrogens with one attached hydrogen (secondary N) is 1. The number of carbonyl (C=O) groups excluding carboxylic acids is 1. The molecule has 0 aromatic carbocycles. The van der Waals surface area contributed by atoms with E-state index in [-0.39, 0.29) is 17.6 Å². The van der Waals surface area contributed by atoms with Crippen LogP contribution in [-0.2, 0) is 4.79 Å². The first-order chi connectivity index (χ1) is 16.5. The highest BCUT2D eigenvalue weighted by molar-refractivity contribution is 5.62. The molecule has 34 heavy (non-hydrogen) atoms. The summed E-state index contributed by atoms with van der Waals surface area (Å²) in [5.41, 5.74) is 1.53. The van der Waals surface area contributed by atoms with Gasteiger partial charge in [-0.3, -0.25) is 4.90 Å². The molecular formula is C23H28FN9O. The fourth-order valence-corrected chi connectivity index (χ4v) is 5.12. The van der Waals surface area contributed by atoms with E-state index in [0.717, 1.165) is 62.8 Å². The molecule has 0 aliphatic carbocycles.